The van der Waals surface area contributed by atoms with Gasteiger partial charge in [-0.25, -0.2) is 0 Å². The first-order valence-corrected chi connectivity index (χ1v) is 8.91. The number of nitrogens with zero attached hydrogens (tertiary/aromatic N) is 3. The van der Waals surface area contributed by atoms with Gasteiger partial charge in [-0.2, -0.15) is 9.97 Å². The fourth-order valence-corrected chi connectivity index (χ4v) is 3.72. The van der Waals surface area contributed by atoms with Crippen LogP contribution in [-0.2, 0) is 11.2 Å². The van der Waals surface area contributed by atoms with E-state index in [0.29, 0.717) is 31.0 Å². The van der Waals surface area contributed by atoms with Gasteiger partial charge in [-0.05, 0) is 37.7 Å². The third-order valence-electron chi connectivity index (χ3n) is 5.07. The fourth-order valence-electron chi connectivity index (χ4n) is 3.72. The molecular formula is C19H25N5O2. The van der Waals surface area contributed by atoms with E-state index in [1.165, 1.54) is 5.56 Å². The lowest BCUT2D eigenvalue weighted by Crippen LogP contribution is -2.48. The summed E-state index contributed by atoms with van der Waals surface area (Å²) in [6.45, 7) is 1.15. The lowest BCUT2D eigenvalue weighted by atomic mass is 9.75. The van der Waals surface area contributed by atoms with Crippen LogP contribution in [-0.4, -0.2) is 34.1 Å². The molecule has 1 atom stereocenters. The Hall–Kier alpha value is -2.83. The molecule has 0 radical (unpaired) electrons. The quantitative estimate of drug-likeness (QED) is 0.727. The number of carboxylic acids is 1. The van der Waals surface area contributed by atoms with Crippen LogP contribution < -0.4 is 16.4 Å². The van der Waals surface area contributed by atoms with E-state index in [1.807, 2.05) is 23.1 Å². The highest BCUT2D eigenvalue weighted by Gasteiger charge is 2.42. The third kappa shape index (κ3) is 4.04. The van der Waals surface area contributed by atoms with Crippen LogP contribution in [0.4, 0.5) is 17.6 Å². The van der Waals surface area contributed by atoms with Crippen molar-refractivity contribution in [1.29, 1.82) is 0 Å². The molecule has 2 heterocycles. The maximum absolute atomic E-state index is 12.1. The van der Waals surface area contributed by atoms with Gasteiger partial charge in [-0.15, -0.1) is 0 Å². The van der Waals surface area contributed by atoms with Crippen molar-refractivity contribution in [2.75, 3.05) is 29.5 Å². The zero-order valence-electron chi connectivity index (χ0n) is 14.8. The van der Waals surface area contributed by atoms with Crippen LogP contribution in [0.25, 0.3) is 0 Å². The molecule has 0 saturated carbocycles. The van der Waals surface area contributed by atoms with E-state index in [4.69, 9.17) is 11.5 Å². The molecule has 1 aliphatic heterocycles. The largest absolute Gasteiger partial charge is 0.481 e. The molecule has 3 rings (SSSR count). The maximum Gasteiger partial charge on any atom is 0.311 e. The second-order valence-corrected chi connectivity index (χ2v) is 6.96. The number of carbonyl (C=O) groups is 1. The number of aliphatic carboxylic acids is 1. The predicted molar refractivity (Wildman–Crippen MR) is 102 cm³/mol. The van der Waals surface area contributed by atoms with Crippen LogP contribution in [0, 0.1) is 5.41 Å². The average Bonchev–Trinajstić information content (AvgIpc) is 2.62. The SMILES string of the molecule is Nc1cc(N2CCCC(CCCc3ccccc3)(C(=O)O)C2)nc(N)n1. The van der Waals surface area contributed by atoms with Crippen LogP contribution in [0.1, 0.15) is 31.2 Å². The van der Waals surface area contributed by atoms with Crippen molar-refractivity contribution in [2.24, 2.45) is 5.41 Å². The molecule has 26 heavy (non-hydrogen) atoms. The molecule has 0 bridgehead atoms. The Balaban J connectivity index is 1.72. The minimum Gasteiger partial charge on any atom is -0.481 e. The van der Waals surface area contributed by atoms with Crippen molar-refractivity contribution < 1.29 is 9.90 Å². The molecule has 1 aliphatic rings. The highest BCUT2D eigenvalue weighted by atomic mass is 16.4. The van der Waals surface area contributed by atoms with Gasteiger partial charge in [0.15, 0.2) is 0 Å². The average molecular weight is 355 g/mol. The number of aryl methyl sites for hydroxylation is 1. The molecule has 1 unspecified atom stereocenters. The second kappa shape index (κ2) is 7.59. The van der Waals surface area contributed by atoms with E-state index in [9.17, 15) is 9.90 Å². The molecule has 1 saturated heterocycles. The molecule has 2 aromatic rings. The molecule has 0 amide bonds. The van der Waals surface area contributed by atoms with E-state index in [2.05, 4.69) is 22.1 Å². The Kier molecular flexibility index (Phi) is 5.25. The first-order chi connectivity index (χ1) is 12.5. The predicted octanol–water partition coefficient (Wildman–Crippen LogP) is 2.34. The number of hydrogen-bond acceptors (Lipinski definition) is 6. The Morgan fingerprint density at radius 2 is 2.00 bits per heavy atom. The van der Waals surface area contributed by atoms with E-state index >= 15 is 0 Å². The number of benzene rings is 1. The smallest absolute Gasteiger partial charge is 0.311 e. The van der Waals surface area contributed by atoms with Crippen molar-refractivity contribution in [1.82, 2.24) is 9.97 Å². The lowest BCUT2D eigenvalue weighted by molar-refractivity contribution is -0.150. The summed E-state index contributed by atoms with van der Waals surface area (Å²) < 4.78 is 0. The minimum atomic E-state index is -0.776. The molecule has 7 nitrogen and oxygen atoms in total. The van der Waals surface area contributed by atoms with Crippen LogP contribution >= 0.6 is 0 Å². The standard InChI is InChI=1S/C19H25N5O2/c20-15-12-16(23-18(21)22-15)24-11-5-10-19(13-24,17(25)26)9-4-8-14-6-2-1-3-7-14/h1-3,6-7,12H,4-5,8-11,13H2,(H,25,26)(H4,20,21,22,23). The van der Waals surface area contributed by atoms with Gasteiger partial charge < -0.3 is 21.5 Å². The topological polar surface area (TPSA) is 118 Å². The summed E-state index contributed by atoms with van der Waals surface area (Å²) in [5.41, 5.74) is 11.9. The third-order valence-corrected chi connectivity index (χ3v) is 5.07. The first kappa shape index (κ1) is 18.0. The van der Waals surface area contributed by atoms with Crippen LogP contribution in [0.15, 0.2) is 36.4 Å². The molecule has 1 aromatic heterocycles. The van der Waals surface area contributed by atoms with Crippen molar-refractivity contribution in [3.05, 3.63) is 42.0 Å². The summed E-state index contributed by atoms with van der Waals surface area (Å²) in [5, 5.41) is 9.95. The van der Waals surface area contributed by atoms with E-state index in [0.717, 1.165) is 25.8 Å². The highest BCUT2D eigenvalue weighted by molar-refractivity contribution is 5.76. The van der Waals surface area contributed by atoms with Gasteiger partial charge in [0.05, 0.1) is 5.41 Å². The summed E-state index contributed by atoms with van der Waals surface area (Å²) in [5.74, 6) is 0.257. The molecule has 0 spiro atoms. The minimum absolute atomic E-state index is 0.107. The monoisotopic (exact) mass is 355 g/mol. The normalized spacial score (nSPS) is 20.1. The zero-order chi connectivity index (χ0) is 18.6. The van der Waals surface area contributed by atoms with Gasteiger partial charge in [-0.3, -0.25) is 4.79 Å². The summed E-state index contributed by atoms with van der Waals surface area (Å²) in [7, 11) is 0. The summed E-state index contributed by atoms with van der Waals surface area (Å²) >= 11 is 0. The maximum atomic E-state index is 12.1. The molecule has 5 N–H and O–H groups in total. The number of nitrogen functional groups attached to an aromatic ring is 2. The lowest BCUT2D eigenvalue weighted by Gasteiger charge is -2.40. The fraction of sp³-hybridized carbons (Fsp3) is 0.421. The van der Waals surface area contributed by atoms with Gasteiger partial charge in [0.2, 0.25) is 5.95 Å². The number of carboxylic acid groups (broad SMARTS) is 1. The van der Waals surface area contributed by atoms with Gasteiger partial charge in [0.1, 0.15) is 11.6 Å². The summed E-state index contributed by atoms with van der Waals surface area (Å²) in [6.07, 6.45) is 3.80. The van der Waals surface area contributed by atoms with Crippen LogP contribution in [0.5, 0.6) is 0 Å². The molecule has 0 aliphatic carbocycles. The van der Waals surface area contributed by atoms with E-state index in [-0.39, 0.29) is 5.95 Å². The molecule has 7 heteroatoms. The Bertz CT molecular complexity index is 748. The first-order valence-electron chi connectivity index (χ1n) is 8.91. The number of nitrogens with two attached hydrogens (primary N) is 2. The second-order valence-electron chi connectivity index (χ2n) is 6.96. The Morgan fingerprint density at radius 3 is 2.69 bits per heavy atom. The van der Waals surface area contributed by atoms with Gasteiger partial charge in [-0.1, -0.05) is 30.3 Å². The van der Waals surface area contributed by atoms with Crippen LogP contribution in [0.2, 0.25) is 0 Å². The van der Waals surface area contributed by atoms with Crippen molar-refractivity contribution in [2.45, 2.75) is 32.1 Å². The van der Waals surface area contributed by atoms with Crippen molar-refractivity contribution in [3.63, 3.8) is 0 Å². The van der Waals surface area contributed by atoms with Gasteiger partial charge in [0, 0.05) is 19.2 Å². The van der Waals surface area contributed by atoms with Gasteiger partial charge in [0.25, 0.3) is 0 Å². The van der Waals surface area contributed by atoms with E-state index in [1.54, 1.807) is 6.07 Å². The van der Waals surface area contributed by atoms with Crippen molar-refractivity contribution >= 4 is 23.6 Å². The van der Waals surface area contributed by atoms with E-state index < -0.39 is 11.4 Å². The molecule has 1 aromatic carbocycles. The number of rotatable bonds is 6. The number of hydrogen-bond donors (Lipinski definition) is 3. The Morgan fingerprint density at radius 1 is 1.23 bits per heavy atom. The number of piperidine rings is 1. The highest BCUT2D eigenvalue weighted by Crippen LogP contribution is 2.37. The molecule has 1 fully saturated rings. The Labute approximate surface area is 153 Å². The van der Waals surface area contributed by atoms with Crippen molar-refractivity contribution in [3.8, 4) is 0 Å². The zero-order valence-corrected chi connectivity index (χ0v) is 14.8. The molecular weight excluding hydrogens is 330 g/mol. The number of aromatic nitrogens is 2. The number of anilines is 3. The summed E-state index contributed by atoms with van der Waals surface area (Å²) in [6, 6.07) is 11.8. The van der Waals surface area contributed by atoms with Gasteiger partial charge >= 0.3 is 5.97 Å². The summed E-state index contributed by atoms with van der Waals surface area (Å²) in [4.78, 5) is 22.2. The van der Waals surface area contributed by atoms with Crippen LogP contribution in [0.3, 0.4) is 0 Å². The molecule has 138 valence electrons.